The molecule has 0 amide bonds. The van der Waals surface area contributed by atoms with Gasteiger partial charge in [-0.05, 0) is 38.2 Å². The van der Waals surface area contributed by atoms with Crippen molar-refractivity contribution in [1.82, 2.24) is 0 Å². The van der Waals surface area contributed by atoms with E-state index in [-0.39, 0.29) is 11.9 Å². The summed E-state index contributed by atoms with van der Waals surface area (Å²) in [6.07, 6.45) is 39.2. The van der Waals surface area contributed by atoms with Gasteiger partial charge in [0.25, 0.3) is 0 Å². The maximum absolute atomic E-state index is 11.9. The lowest BCUT2D eigenvalue weighted by atomic mass is 9.93. The number of ether oxygens (including phenoxy) is 3. The van der Waals surface area contributed by atoms with Crippen LogP contribution < -0.4 is 0 Å². The second-order valence-electron chi connectivity index (χ2n) is 12.3. The summed E-state index contributed by atoms with van der Waals surface area (Å²) in [7, 11) is 3.58. The third-order valence-corrected chi connectivity index (χ3v) is 8.59. The van der Waals surface area contributed by atoms with Crippen LogP contribution in [0.3, 0.4) is 0 Å². The first kappa shape index (κ1) is 37.2. The molecule has 0 aromatic heterocycles. The van der Waals surface area contributed by atoms with Gasteiger partial charge in [0.15, 0.2) is 0 Å². The number of carbonyl (C=O) groups excluding carboxylic acids is 1. The van der Waals surface area contributed by atoms with Crippen molar-refractivity contribution in [3.05, 3.63) is 11.8 Å². The second-order valence-corrected chi connectivity index (χ2v) is 12.3. The average molecular weight is 565 g/mol. The van der Waals surface area contributed by atoms with Crippen molar-refractivity contribution in [2.45, 2.75) is 180 Å². The minimum absolute atomic E-state index is 0.0102. The predicted molar refractivity (Wildman–Crippen MR) is 171 cm³/mol. The Morgan fingerprint density at radius 2 is 0.825 bits per heavy atom. The van der Waals surface area contributed by atoms with Gasteiger partial charge in [0.1, 0.15) is 11.7 Å². The zero-order valence-electron chi connectivity index (χ0n) is 27.0. The molecule has 0 aliphatic carbocycles. The summed E-state index contributed by atoms with van der Waals surface area (Å²) in [6, 6.07) is 0. The second kappa shape index (κ2) is 29.6. The quantitative estimate of drug-likeness (QED) is 0.0602. The molecule has 0 bridgehead atoms. The Labute approximate surface area is 249 Å². The van der Waals surface area contributed by atoms with Gasteiger partial charge in [-0.15, -0.1) is 0 Å². The topological polar surface area (TPSA) is 44.8 Å². The molecule has 1 aliphatic heterocycles. The highest BCUT2D eigenvalue weighted by atomic mass is 16.6. The number of carbonyl (C=O) groups is 1. The van der Waals surface area contributed by atoms with Gasteiger partial charge in [0, 0.05) is 27.4 Å². The van der Waals surface area contributed by atoms with Crippen LogP contribution >= 0.6 is 0 Å². The fourth-order valence-corrected chi connectivity index (χ4v) is 5.88. The SMILES string of the molecule is COCCCCCCCCCCCCCCC/C=C1\OC(=O)C1CCCCCCCCCCCCCCCOC. The van der Waals surface area contributed by atoms with Crippen LogP contribution in [0.2, 0.25) is 0 Å². The molecular weight excluding hydrogens is 496 g/mol. The first-order chi connectivity index (χ1) is 19.8. The van der Waals surface area contributed by atoms with Crippen LogP contribution in [0, 0.1) is 5.92 Å². The maximum atomic E-state index is 11.9. The number of hydrogen-bond donors (Lipinski definition) is 0. The summed E-state index contributed by atoms with van der Waals surface area (Å²) in [5.74, 6) is 1.05. The Bertz CT molecular complexity index is 573. The summed E-state index contributed by atoms with van der Waals surface area (Å²) in [5.41, 5.74) is 0. The van der Waals surface area contributed by atoms with Crippen LogP contribution in [0.15, 0.2) is 11.8 Å². The van der Waals surface area contributed by atoms with Gasteiger partial charge in [0.2, 0.25) is 0 Å². The van der Waals surface area contributed by atoms with Gasteiger partial charge < -0.3 is 14.2 Å². The number of esters is 1. The van der Waals surface area contributed by atoms with E-state index in [1.807, 2.05) is 0 Å². The molecule has 4 nitrogen and oxygen atoms in total. The lowest BCUT2D eigenvalue weighted by molar-refractivity contribution is -0.157. The highest BCUT2D eigenvalue weighted by molar-refractivity contribution is 5.82. The summed E-state index contributed by atoms with van der Waals surface area (Å²) in [4.78, 5) is 11.9. The first-order valence-corrected chi connectivity index (χ1v) is 17.7. The number of rotatable bonds is 32. The standard InChI is InChI=1S/C36H68O4/c1-38-32-28-24-20-16-12-8-4-3-7-11-15-19-23-27-31-35-34(36(37)40-35)30-26-22-18-14-10-6-5-9-13-17-21-25-29-33-39-2/h31,34H,3-30,32-33H2,1-2H3/b35-31-. The van der Waals surface area contributed by atoms with Gasteiger partial charge in [-0.25, -0.2) is 0 Å². The van der Waals surface area contributed by atoms with Crippen molar-refractivity contribution in [2.75, 3.05) is 27.4 Å². The van der Waals surface area contributed by atoms with Gasteiger partial charge in [0.05, 0.1) is 0 Å². The van der Waals surface area contributed by atoms with Crippen LogP contribution in [0.25, 0.3) is 0 Å². The monoisotopic (exact) mass is 565 g/mol. The van der Waals surface area contributed by atoms with Crippen LogP contribution in [0.4, 0.5) is 0 Å². The lowest BCUT2D eigenvalue weighted by Crippen LogP contribution is -2.32. The van der Waals surface area contributed by atoms with E-state index >= 15 is 0 Å². The highest BCUT2D eigenvalue weighted by Gasteiger charge is 2.36. The molecule has 40 heavy (non-hydrogen) atoms. The zero-order chi connectivity index (χ0) is 28.8. The van der Waals surface area contributed by atoms with Crippen LogP contribution in [-0.4, -0.2) is 33.4 Å². The van der Waals surface area contributed by atoms with Crippen molar-refractivity contribution >= 4 is 5.97 Å². The van der Waals surface area contributed by atoms with E-state index in [9.17, 15) is 4.79 Å². The molecule has 236 valence electrons. The number of unbranched alkanes of at least 4 members (excludes halogenated alkanes) is 25. The molecule has 1 aliphatic rings. The Morgan fingerprint density at radius 1 is 0.500 bits per heavy atom. The molecule has 1 unspecified atom stereocenters. The Balaban J connectivity index is 1.83. The molecule has 1 fully saturated rings. The van der Waals surface area contributed by atoms with Crippen LogP contribution in [0.5, 0.6) is 0 Å². The van der Waals surface area contributed by atoms with Crippen molar-refractivity contribution in [3.8, 4) is 0 Å². The first-order valence-electron chi connectivity index (χ1n) is 17.7. The van der Waals surface area contributed by atoms with E-state index in [1.54, 1.807) is 14.2 Å². The van der Waals surface area contributed by atoms with Crippen LogP contribution in [-0.2, 0) is 19.0 Å². The smallest absolute Gasteiger partial charge is 0.321 e. The van der Waals surface area contributed by atoms with Gasteiger partial charge in [-0.3, -0.25) is 4.79 Å². The predicted octanol–water partition coefficient (Wildman–Crippen LogP) is 11.3. The minimum Gasteiger partial charge on any atom is -0.430 e. The molecule has 0 radical (unpaired) electrons. The van der Waals surface area contributed by atoms with E-state index in [2.05, 4.69) is 6.08 Å². The molecular formula is C36H68O4. The Kier molecular flexibility index (Phi) is 27.5. The third-order valence-electron chi connectivity index (χ3n) is 8.59. The van der Waals surface area contributed by atoms with E-state index in [0.717, 1.165) is 38.2 Å². The van der Waals surface area contributed by atoms with Crippen molar-refractivity contribution < 1.29 is 19.0 Å². The molecule has 0 saturated carbocycles. The Morgan fingerprint density at radius 3 is 1.18 bits per heavy atom. The highest BCUT2D eigenvalue weighted by Crippen LogP contribution is 2.32. The molecule has 4 heteroatoms. The molecule has 0 spiro atoms. The molecule has 0 aromatic rings. The lowest BCUT2D eigenvalue weighted by Gasteiger charge is -2.28. The average Bonchev–Trinajstić information content (AvgIpc) is 2.96. The molecule has 0 aromatic carbocycles. The number of allylic oxidation sites excluding steroid dienone is 1. The Hall–Kier alpha value is -0.870. The summed E-state index contributed by atoms with van der Waals surface area (Å²) >= 11 is 0. The van der Waals surface area contributed by atoms with Crippen LogP contribution in [0.1, 0.15) is 180 Å². The zero-order valence-corrected chi connectivity index (χ0v) is 27.0. The normalized spacial score (nSPS) is 16.0. The molecule has 1 saturated heterocycles. The molecule has 1 atom stereocenters. The fraction of sp³-hybridized carbons (Fsp3) is 0.917. The largest absolute Gasteiger partial charge is 0.430 e. The van der Waals surface area contributed by atoms with E-state index in [0.29, 0.717) is 0 Å². The number of cyclic esters (lactones) is 1. The summed E-state index contributed by atoms with van der Waals surface area (Å²) in [6.45, 7) is 1.84. The summed E-state index contributed by atoms with van der Waals surface area (Å²) in [5, 5.41) is 0. The number of hydrogen-bond acceptors (Lipinski definition) is 4. The van der Waals surface area contributed by atoms with E-state index in [4.69, 9.17) is 14.2 Å². The van der Waals surface area contributed by atoms with Gasteiger partial charge >= 0.3 is 5.97 Å². The van der Waals surface area contributed by atoms with E-state index < -0.39 is 0 Å². The summed E-state index contributed by atoms with van der Waals surface area (Å²) < 4.78 is 15.6. The maximum Gasteiger partial charge on any atom is 0.321 e. The van der Waals surface area contributed by atoms with Gasteiger partial charge in [-0.2, -0.15) is 0 Å². The molecule has 0 N–H and O–H groups in total. The van der Waals surface area contributed by atoms with Crippen molar-refractivity contribution in [1.29, 1.82) is 0 Å². The minimum atomic E-state index is 0.0102. The van der Waals surface area contributed by atoms with E-state index in [1.165, 1.54) is 161 Å². The fourth-order valence-electron chi connectivity index (χ4n) is 5.88. The van der Waals surface area contributed by atoms with Crippen molar-refractivity contribution in [3.63, 3.8) is 0 Å². The molecule has 1 rings (SSSR count). The van der Waals surface area contributed by atoms with Crippen molar-refractivity contribution in [2.24, 2.45) is 5.92 Å². The van der Waals surface area contributed by atoms with Gasteiger partial charge in [-0.1, -0.05) is 148 Å². The number of methoxy groups -OCH3 is 2. The third kappa shape index (κ3) is 22.8. The molecule has 1 heterocycles.